The van der Waals surface area contributed by atoms with Crippen LogP contribution in [0.3, 0.4) is 0 Å². The summed E-state index contributed by atoms with van der Waals surface area (Å²) in [6.45, 7) is 0.543. The number of hydrogen-bond acceptors (Lipinski definition) is 5. The molecule has 0 aliphatic carbocycles. The maximum absolute atomic E-state index is 12.0. The number of nitrogens with two attached hydrogens (primary N) is 1. The van der Waals surface area contributed by atoms with Gasteiger partial charge in [-0.25, -0.2) is 0 Å². The largest absolute Gasteiger partial charge is 0.373 e. The second-order valence-electron chi connectivity index (χ2n) is 3.37. The first kappa shape index (κ1) is 14.7. The van der Waals surface area contributed by atoms with E-state index in [4.69, 9.17) is 19.9 Å². The normalized spacial score (nSPS) is 14.1. The highest BCUT2D eigenvalue weighted by Crippen LogP contribution is 2.14. The lowest BCUT2D eigenvalue weighted by Crippen LogP contribution is -2.49. The lowest BCUT2D eigenvalue weighted by Gasteiger charge is -2.28. The number of ether oxygens (including phenoxy) is 3. The first-order valence-electron chi connectivity index (χ1n) is 4.93. The van der Waals surface area contributed by atoms with Gasteiger partial charge < -0.3 is 19.9 Å². The van der Waals surface area contributed by atoms with Crippen LogP contribution in [0.1, 0.15) is 12.8 Å². The summed E-state index contributed by atoms with van der Waals surface area (Å²) in [6.07, 6.45) is 0.851. The van der Waals surface area contributed by atoms with E-state index in [1.165, 1.54) is 21.3 Å². The molecular formula is C9H21NO4Si. The fourth-order valence-corrected chi connectivity index (χ4v) is 1.56. The van der Waals surface area contributed by atoms with Crippen molar-refractivity contribution in [1.82, 2.24) is 0 Å². The number of Topliss-reactive ketones (excluding diaryl/α,β-unsaturated/α-hetero) is 1. The van der Waals surface area contributed by atoms with Gasteiger partial charge in [0.2, 0.25) is 11.2 Å². The van der Waals surface area contributed by atoms with Crippen LogP contribution in [0.25, 0.3) is 0 Å². The lowest BCUT2D eigenvalue weighted by atomic mass is 10.1. The molecule has 0 aromatic carbocycles. The first-order chi connectivity index (χ1) is 7.05. The molecule has 0 spiro atoms. The standard InChI is InChI=1S/C9H21NO4Si/c1-12-7(5-4-6-10)8(11)9(15,13-2)14-3/h7H,4-6,10H2,1-3,15H3. The zero-order chi connectivity index (χ0) is 11.9. The molecule has 1 atom stereocenters. The Labute approximate surface area is 93.7 Å². The Morgan fingerprint density at radius 2 is 1.93 bits per heavy atom. The van der Waals surface area contributed by atoms with Crippen molar-refractivity contribution < 1.29 is 19.0 Å². The van der Waals surface area contributed by atoms with Crippen LogP contribution in [0.15, 0.2) is 0 Å². The fourth-order valence-electron chi connectivity index (χ4n) is 1.24. The Bertz CT molecular complexity index is 197. The molecule has 0 radical (unpaired) electrons. The SMILES string of the molecule is COC(CCCN)C(=O)C([SiH3])(OC)OC. The molecule has 0 saturated heterocycles. The molecule has 0 aliphatic heterocycles. The van der Waals surface area contributed by atoms with Gasteiger partial charge in [0.1, 0.15) is 6.10 Å². The highest BCUT2D eigenvalue weighted by molar-refractivity contribution is 6.27. The molecule has 15 heavy (non-hydrogen) atoms. The summed E-state index contributed by atoms with van der Waals surface area (Å²) < 4.78 is 15.3. The first-order valence-corrected chi connectivity index (χ1v) is 5.93. The molecule has 0 amide bonds. The van der Waals surface area contributed by atoms with Gasteiger partial charge in [-0.15, -0.1) is 0 Å². The minimum atomic E-state index is -1.10. The van der Waals surface area contributed by atoms with Crippen LogP contribution in [0.5, 0.6) is 0 Å². The topological polar surface area (TPSA) is 70.8 Å². The van der Waals surface area contributed by atoms with Gasteiger partial charge in [-0.1, -0.05) is 0 Å². The van der Waals surface area contributed by atoms with Gasteiger partial charge in [0.05, 0.1) is 10.2 Å². The fraction of sp³-hybridized carbons (Fsp3) is 0.889. The molecule has 0 rings (SSSR count). The predicted molar refractivity (Wildman–Crippen MR) is 60.8 cm³/mol. The zero-order valence-electron chi connectivity index (χ0n) is 9.91. The molecule has 0 heterocycles. The van der Waals surface area contributed by atoms with Crippen molar-refractivity contribution in [2.75, 3.05) is 27.9 Å². The maximum atomic E-state index is 12.0. The van der Waals surface area contributed by atoms with E-state index in [0.717, 1.165) is 6.42 Å². The van der Waals surface area contributed by atoms with Crippen LogP contribution in [-0.2, 0) is 19.0 Å². The number of methoxy groups -OCH3 is 3. The van der Waals surface area contributed by atoms with Gasteiger partial charge in [0, 0.05) is 21.3 Å². The van der Waals surface area contributed by atoms with Gasteiger partial charge in [0.15, 0.2) is 0 Å². The summed E-state index contributed by atoms with van der Waals surface area (Å²) in [4.78, 5) is 12.0. The van der Waals surface area contributed by atoms with Crippen molar-refractivity contribution in [1.29, 1.82) is 0 Å². The summed E-state index contributed by atoms with van der Waals surface area (Å²) in [5.41, 5.74) is 4.28. The van der Waals surface area contributed by atoms with Gasteiger partial charge in [-0.2, -0.15) is 0 Å². The molecule has 1 unspecified atom stereocenters. The molecular weight excluding hydrogens is 214 g/mol. The van der Waals surface area contributed by atoms with E-state index in [2.05, 4.69) is 0 Å². The second kappa shape index (κ2) is 7.08. The summed E-state index contributed by atoms with van der Waals surface area (Å²) in [5.74, 6) is -0.157. The summed E-state index contributed by atoms with van der Waals surface area (Å²) in [6, 6.07) is 0. The Kier molecular flexibility index (Phi) is 6.95. The lowest BCUT2D eigenvalue weighted by molar-refractivity contribution is -0.181. The van der Waals surface area contributed by atoms with Crippen molar-refractivity contribution >= 4 is 16.0 Å². The number of rotatable bonds is 8. The molecule has 5 nitrogen and oxygen atoms in total. The Hall–Kier alpha value is -0.273. The van der Waals surface area contributed by atoms with Crippen LogP contribution >= 0.6 is 0 Å². The van der Waals surface area contributed by atoms with E-state index in [1.54, 1.807) is 0 Å². The van der Waals surface area contributed by atoms with E-state index >= 15 is 0 Å². The summed E-state index contributed by atoms with van der Waals surface area (Å²) in [7, 11) is 4.89. The summed E-state index contributed by atoms with van der Waals surface area (Å²) >= 11 is 0. The van der Waals surface area contributed by atoms with E-state index in [9.17, 15) is 4.79 Å². The smallest absolute Gasteiger partial charge is 0.214 e. The minimum absolute atomic E-state index is 0.157. The molecule has 0 bridgehead atoms. The van der Waals surface area contributed by atoms with Gasteiger partial charge in [-0.05, 0) is 19.4 Å². The molecule has 0 aromatic heterocycles. The Morgan fingerprint density at radius 1 is 1.40 bits per heavy atom. The monoisotopic (exact) mass is 235 g/mol. The quantitative estimate of drug-likeness (QED) is 0.415. The van der Waals surface area contributed by atoms with Gasteiger partial charge >= 0.3 is 0 Å². The minimum Gasteiger partial charge on any atom is -0.373 e. The van der Waals surface area contributed by atoms with E-state index in [0.29, 0.717) is 23.2 Å². The molecule has 90 valence electrons. The number of carbonyl (C=O) groups excluding carboxylic acids is 1. The van der Waals surface area contributed by atoms with Crippen LogP contribution in [0.2, 0.25) is 0 Å². The van der Waals surface area contributed by atoms with Crippen LogP contribution in [0, 0.1) is 0 Å². The number of hydrogen-bond donors (Lipinski definition) is 1. The van der Waals surface area contributed by atoms with Crippen molar-refractivity contribution in [2.45, 2.75) is 24.4 Å². The van der Waals surface area contributed by atoms with E-state index in [1.807, 2.05) is 0 Å². The molecule has 0 aliphatic rings. The third-order valence-electron chi connectivity index (χ3n) is 2.47. The number of carbonyl (C=O) groups is 1. The predicted octanol–water partition coefficient (Wildman–Crippen LogP) is -1.38. The number of ketones is 1. The Balaban J connectivity index is 4.48. The molecule has 0 fully saturated rings. The van der Waals surface area contributed by atoms with Crippen LogP contribution < -0.4 is 5.73 Å². The second-order valence-corrected chi connectivity index (χ2v) is 4.69. The highest BCUT2D eigenvalue weighted by atomic mass is 28.1. The average Bonchev–Trinajstić information content (AvgIpc) is 2.28. The van der Waals surface area contributed by atoms with Crippen molar-refractivity contribution in [2.24, 2.45) is 5.73 Å². The van der Waals surface area contributed by atoms with E-state index < -0.39 is 11.5 Å². The highest BCUT2D eigenvalue weighted by Gasteiger charge is 2.37. The molecule has 6 heteroatoms. The van der Waals surface area contributed by atoms with E-state index in [-0.39, 0.29) is 5.78 Å². The van der Waals surface area contributed by atoms with Crippen LogP contribution in [-0.4, -0.2) is 55.4 Å². The summed E-state index contributed by atoms with van der Waals surface area (Å²) in [5, 5.41) is 0. The van der Waals surface area contributed by atoms with Crippen molar-refractivity contribution in [3.63, 3.8) is 0 Å². The average molecular weight is 235 g/mol. The molecule has 0 saturated carbocycles. The van der Waals surface area contributed by atoms with Gasteiger partial charge in [0.25, 0.3) is 0 Å². The molecule has 2 N–H and O–H groups in total. The third kappa shape index (κ3) is 4.00. The van der Waals surface area contributed by atoms with Crippen molar-refractivity contribution in [3.8, 4) is 0 Å². The third-order valence-corrected chi connectivity index (χ3v) is 3.78. The van der Waals surface area contributed by atoms with Crippen LogP contribution in [0.4, 0.5) is 0 Å². The zero-order valence-corrected chi connectivity index (χ0v) is 11.9. The van der Waals surface area contributed by atoms with Crippen molar-refractivity contribution in [3.05, 3.63) is 0 Å². The molecule has 0 aromatic rings. The van der Waals surface area contributed by atoms with Gasteiger partial charge in [-0.3, -0.25) is 4.79 Å². The Morgan fingerprint density at radius 3 is 2.27 bits per heavy atom. The maximum Gasteiger partial charge on any atom is 0.214 e.